The number of hydrogen-bond donors (Lipinski definition) is 1. The Kier molecular flexibility index (Phi) is 3.64. The molecule has 3 unspecified atom stereocenters. The van der Waals surface area contributed by atoms with Gasteiger partial charge < -0.3 is 5.32 Å². The summed E-state index contributed by atoms with van der Waals surface area (Å²) in [5.74, 6) is 1.47. The minimum absolute atomic E-state index is 0.354. The Labute approximate surface area is 105 Å². The average Bonchev–Trinajstić information content (AvgIpc) is 2.80. The molecule has 0 spiro atoms. The van der Waals surface area contributed by atoms with Crippen molar-refractivity contribution in [1.29, 1.82) is 0 Å². The van der Waals surface area contributed by atoms with Gasteiger partial charge in [-0.2, -0.15) is 0 Å². The summed E-state index contributed by atoms with van der Waals surface area (Å²) in [6.45, 7) is 2.35. The van der Waals surface area contributed by atoms with Gasteiger partial charge in [0.2, 0.25) is 0 Å². The highest BCUT2D eigenvalue weighted by molar-refractivity contribution is 9.10. The van der Waals surface area contributed by atoms with E-state index in [4.69, 9.17) is 0 Å². The molecule has 1 saturated carbocycles. The first-order valence-corrected chi connectivity index (χ1v) is 6.66. The van der Waals surface area contributed by atoms with Gasteiger partial charge in [0.15, 0.2) is 4.60 Å². The first-order valence-electron chi connectivity index (χ1n) is 5.87. The average molecular weight is 287 g/mol. The lowest BCUT2D eigenvalue weighted by molar-refractivity contribution is 0.303. The van der Waals surface area contributed by atoms with Crippen LogP contribution in [-0.4, -0.2) is 22.0 Å². The van der Waals surface area contributed by atoms with Crippen LogP contribution in [0.2, 0.25) is 0 Å². The highest BCUT2D eigenvalue weighted by Crippen LogP contribution is 2.40. The van der Waals surface area contributed by atoms with Crippen molar-refractivity contribution in [2.75, 3.05) is 7.05 Å². The summed E-state index contributed by atoms with van der Waals surface area (Å²) in [6.07, 6.45) is 3.98. The van der Waals surface area contributed by atoms with E-state index in [1.807, 2.05) is 18.8 Å². The standard InChI is InChI=1S/C11H19BrN4/c1-7-5-4-6-8(7)9(13-2)10-11(12)14-15-16(10)3/h7-9,13H,4-6H2,1-3H3. The van der Waals surface area contributed by atoms with Gasteiger partial charge in [-0.05, 0) is 41.2 Å². The minimum atomic E-state index is 0.354. The molecule has 1 aliphatic rings. The molecule has 0 bridgehead atoms. The molecule has 0 saturated heterocycles. The molecule has 0 aromatic carbocycles. The number of halogens is 1. The summed E-state index contributed by atoms with van der Waals surface area (Å²) in [5, 5.41) is 11.6. The molecule has 3 atom stereocenters. The fourth-order valence-electron chi connectivity index (χ4n) is 2.89. The second-order valence-electron chi connectivity index (χ2n) is 4.73. The van der Waals surface area contributed by atoms with Crippen LogP contribution in [0, 0.1) is 11.8 Å². The molecular formula is C11H19BrN4. The molecule has 0 amide bonds. The number of nitrogens with one attached hydrogen (secondary N) is 1. The lowest BCUT2D eigenvalue weighted by Crippen LogP contribution is -2.29. The quantitative estimate of drug-likeness (QED) is 0.927. The van der Waals surface area contributed by atoms with Gasteiger partial charge in [-0.3, -0.25) is 0 Å². The molecule has 4 nitrogen and oxygen atoms in total. The topological polar surface area (TPSA) is 42.7 Å². The van der Waals surface area contributed by atoms with E-state index in [-0.39, 0.29) is 0 Å². The Morgan fingerprint density at radius 2 is 2.25 bits per heavy atom. The predicted molar refractivity (Wildman–Crippen MR) is 67.0 cm³/mol. The fraction of sp³-hybridized carbons (Fsp3) is 0.818. The normalized spacial score (nSPS) is 27.2. The van der Waals surface area contributed by atoms with Crippen molar-refractivity contribution in [3.8, 4) is 0 Å². The van der Waals surface area contributed by atoms with Crippen molar-refractivity contribution in [3.05, 3.63) is 10.3 Å². The van der Waals surface area contributed by atoms with Crippen LogP contribution in [0.1, 0.15) is 37.9 Å². The Morgan fingerprint density at radius 3 is 2.69 bits per heavy atom. The van der Waals surface area contributed by atoms with Crippen molar-refractivity contribution >= 4 is 15.9 Å². The van der Waals surface area contributed by atoms with Crippen LogP contribution in [0.15, 0.2) is 4.60 Å². The van der Waals surface area contributed by atoms with E-state index in [1.54, 1.807) is 0 Å². The summed E-state index contributed by atoms with van der Waals surface area (Å²) in [5.41, 5.74) is 1.17. The van der Waals surface area contributed by atoms with E-state index in [9.17, 15) is 0 Å². The highest BCUT2D eigenvalue weighted by atomic mass is 79.9. The molecule has 1 aromatic heterocycles. The number of rotatable bonds is 3. The molecule has 1 aliphatic carbocycles. The van der Waals surface area contributed by atoms with Crippen LogP contribution < -0.4 is 5.32 Å². The van der Waals surface area contributed by atoms with Gasteiger partial charge in [0, 0.05) is 7.05 Å². The SMILES string of the molecule is CNC(c1c(Br)nnn1C)C1CCCC1C. The molecular weight excluding hydrogens is 268 g/mol. The van der Waals surface area contributed by atoms with Crippen molar-refractivity contribution in [2.45, 2.75) is 32.2 Å². The van der Waals surface area contributed by atoms with Gasteiger partial charge in [0.25, 0.3) is 0 Å². The second-order valence-corrected chi connectivity index (χ2v) is 5.48. The van der Waals surface area contributed by atoms with Crippen molar-refractivity contribution in [3.63, 3.8) is 0 Å². The van der Waals surface area contributed by atoms with Crippen LogP contribution >= 0.6 is 15.9 Å². The maximum atomic E-state index is 4.07. The third-order valence-corrected chi connectivity index (χ3v) is 4.35. The maximum Gasteiger partial charge on any atom is 0.153 e. The number of hydrogen-bond acceptors (Lipinski definition) is 3. The van der Waals surface area contributed by atoms with E-state index < -0.39 is 0 Å². The van der Waals surface area contributed by atoms with Crippen LogP contribution in [0.4, 0.5) is 0 Å². The van der Waals surface area contributed by atoms with Gasteiger partial charge >= 0.3 is 0 Å². The summed E-state index contributed by atoms with van der Waals surface area (Å²) in [7, 11) is 3.98. The zero-order chi connectivity index (χ0) is 11.7. The van der Waals surface area contributed by atoms with Gasteiger partial charge in [-0.25, -0.2) is 4.68 Å². The summed E-state index contributed by atoms with van der Waals surface area (Å²) in [6, 6.07) is 0.354. The van der Waals surface area contributed by atoms with Gasteiger partial charge in [0.05, 0.1) is 11.7 Å². The highest BCUT2D eigenvalue weighted by Gasteiger charge is 2.34. The molecule has 2 rings (SSSR count). The summed E-state index contributed by atoms with van der Waals surface area (Å²) >= 11 is 3.49. The van der Waals surface area contributed by atoms with E-state index in [0.717, 1.165) is 10.5 Å². The van der Waals surface area contributed by atoms with Crippen molar-refractivity contribution in [1.82, 2.24) is 20.3 Å². The lowest BCUT2D eigenvalue weighted by Gasteiger charge is -2.26. The van der Waals surface area contributed by atoms with Gasteiger partial charge in [0.1, 0.15) is 0 Å². The van der Waals surface area contributed by atoms with Crippen LogP contribution in [0.3, 0.4) is 0 Å². The Bertz CT molecular complexity index is 343. The van der Waals surface area contributed by atoms with E-state index in [0.29, 0.717) is 12.0 Å². The predicted octanol–water partition coefficient (Wildman–Crippen LogP) is 2.27. The molecule has 5 heteroatoms. The first kappa shape index (κ1) is 12.0. The molecule has 1 aromatic rings. The van der Waals surface area contributed by atoms with E-state index in [1.165, 1.54) is 25.0 Å². The summed E-state index contributed by atoms with van der Waals surface area (Å²) in [4.78, 5) is 0. The van der Waals surface area contributed by atoms with Crippen LogP contribution in [0.5, 0.6) is 0 Å². The lowest BCUT2D eigenvalue weighted by atomic mass is 9.88. The fourth-order valence-corrected chi connectivity index (χ4v) is 3.47. The monoisotopic (exact) mass is 286 g/mol. The van der Waals surface area contributed by atoms with Gasteiger partial charge in [-0.15, -0.1) is 5.10 Å². The Morgan fingerprint density at radius 1 is 1.50 bits per heavy atom. The number of aryl methyl sites for hydroxylation is 1. The molecule has 90 valence electrons. The number of nitrogens with zero attached hydrogens (tertiary/aromatic N) is 3. The number of aromatic nitrogens is 3. The van der Waals surface area contributed by atoms with E-state index >= 15 is 0 Å². The molecule has 1 heterocycles. The van der Waals surface area contributed by atoms with Crippen molar-refractivity contribution < 1.29 is 0 Å². The first-order chi connectivity index (χ1) is 7.65. The largest absolute Gasteiger partial charge is 0.311 e. The molecule has 1 fully saturated rings. The van der Waals surface area contributed by atoms with Gasteiger partial charge in [-0.1, -0.05) is 25.0 Å². The Balaban J connectivity index is 2.28. The second kappa shape index (κ2) is 4.84. The molecule has 0 radical (unpaired) electrons. The molecule has 0 aliphatic heterocycles. The maximum absolute atomic E-state index is 4.07. The molecule has 16 heavy (non-hydrogen) atoms. The van der Waals surface area contributed by atoms with E-state index in [2.05, 4.69) is 38.5 Å². The third kappa shape index (κ3) is 2.02. The zero-order valence-corrected chi connectivity index (χ0v) is 11.7. The minimum Gasteiger partial charge on any atom is -0.311 e. The zero-order valence-electron chi connectivity index (χ0n) is 10.1. The van der Waals surface area contributed by atoms with Crippen molar-refractivity contribution in [2.24, 2.45) is 18.9 Å². The smallest absolute Gasteiger partial charge is 0.153 e. The van der Waals surface area contributed by atoms with Crippen LogP contribution in [0.25, 0.3) is 0 Å². The third-order valence-electron chi connectivity index (χ3n) is 3.79. The Hall–Kier alpha value is -0.420. The summed E-state index contributed by atoms with van der Waals surface area (Å²) < 4.78 is 2.74. The molecule has 1 N–H and O–H groups in total. The van der Waals surface area contributed by atoms with Crippen LogP contribution in [-0.2, 0) is 7.05 Å².